The van der Waals surface area contributed by atoms with Gasteiger partial charge in [-0.05, 0) is 23.0 Å². The Hall–Kier alpha value is -1.40. The maximum atomic E-state index is 10.9. The van der Waals surface area contributed by atoms with E-state index < -0.39 is 5.91 Å². The third-order valence-corrected chi connectivity index (χ3v) is 3.46. The molecule has 72 valence electrons. The number of aromatic nitrogens is 1. The monoisotopic (exact) mass is 225 g/mol. The summed E-state index contributed by atoms with van der Waals surface area (Å²) >= 11 is 2.57. The molecule has 0 unspecified atom stereocenters. The zero-order valence-corrected chi connectivity index (χ0v) is 8.69. The van der Waals surface area contributed by atoms with Gasteiger partial charge in [-0.2, -0.15) is 4.37 Å². The van der Waals surface area contributed by atoms with Gasteiger partial charge in [0.1, 0.15) is 10.6 Å². The number of rotatable bonds is 2. The fraction of sp³-hybridized carbons (Fsp3) is 0. The minimum atomic E-state index is -0.525. The molecule has 2 heterocycles. The maximum Gasteiger partial charge on any atom is 0.262 e. The molecule has 14 heavy (non-hydrogen) atoms. The van der Waals surface area contributed by atoms with Crippen LogP contribution in [0.25, 0.3) is 10.6 Å². The van der Waals surface area contributed by atoms with Gasteiger partial charge in [0.25, 0.3) is 5.91 Å². The van der Waals surface area contributed by atoms with E-state index in [4.69, 9.17) is 11.5 Å². The molecule has 2 aromatic rings. The summed E-state index contributed by atoms with van der Waals surface area (Å²) in [7, 11) is 0. The zero-order chi connectivity index (χ0) is 10.1. The Balaban J connectivity index is 2.52. The van der Waals surface area contributed by atoms with E-state index in [1.165, 1.54) is 11.3 Å². The van der Waals surface area contributed by atoms with Crippen LogP contribution in [-0.4, -0.2) is 10.3 Å². The Morgan fingerprint density at radius 3 is 2.79 bits per heavy atom. The van der Waals surface area contributed by atoms with Crippen molar-refractivity contribution in [3.63, 3.8) is 0 Å². The summed E-state index contributed by atoms with van der Waals surface area (Å²) in [4.78, 5) is 12.2. The average molecular weight is 225 g/mol. The normalized spacial score (nSPS) is 10.3. The van der Waals surface area contributed by atoms with Crippen molar-refractivity contribution >= 4 is 34.5 Å². The van der Waals surface area contributed by atoms with Crippen LogP contribution >= 0.6 is 22.9 Å². The summed E-state index contributed by atoms with van der Waals surface area (Å²) < 4.78 is 4.11. The molecule has 0 aromatic carbocycles. The molecule has 6 heteroatoms. The first-order chi connectivity index (χ1) is 6.70. The second-order valence-corrected chi connectivity index (χ2v) is 4.34. The second-order valence-electron chi connectivity index (χ2n) is 2.62. The molecule has 4 N–H and O–H groups in total. The lowest BCUT2D eigenvalue weighted by molar-refractivity contribution is 0.100. The Kier molecular flexibility index (Phi) is 2.22. The number of anilines is 1. The highest BCUT2D eigenvalue weighted by molar-refractivity contribution is 7.14. The van der Waals surface area contributed by atoms with Gasteiger partial charge >= 0.3 is 0 Å². The first kappa shape index (κ1) is 9.17. The smallest absolute Gasteiger partial charge is 0.262 e. The lowest BCUT2D eigenvalue weighted by Crippen LogP contribution is -2.10. The fourth-order valence-electron chi connectivity index (χ4n) is 1.07. The molecule has 4 nitrogen and oxygen atoms in total. The van der Waals surface area contributed by atoms with E-state index in [0.717, 1.165) is 16.4 Å². The maximum absolute atomic E-state index is 10.9. The number of carbonyl (C=O) groups is 1. The van der Waals surface area contributed by atoms with E-state index in [-0.39, 0.29) is 0 Å². The van der Waals surface area contributed by atoms with Crippen molar-refractivity contribution in [1.29, 1.82) is 0 Å². The van der Waals surface area contributed by atoms with Gasteiger partial charge in [-0.3, -0.25) is 4.79 Å². The highest BCUT2D eigenvalue weighted by Crippen LogP contribution is 2.32. The summed E-state index contributed by atoms with van der Waals surface area (Å²) in [5.41, 5.74) is 11.9. The number of nitrogens with zero attached hydrogens (tertiary/aromatic N) is 1. The van der Waals surface area contributed by atoms with Crippen LogP contribution < -0.4 is 11.5 Å². The fourth-order valence-corrected chi connectivity index (χ4v) is 2.52. The van der Waals surface area contributed by atoms with Crippen LogP contribution in [0.15, 0.2) is 17.5 Å². The molecule has 0 atom stereocenters. The third kappa shape index (κ3) is 1.38. The van der Waals surface area contributed by atoms with Crippen molar-refractivity contribution in [2.24, 2.45) is 5.73 Å². The number of amides is 1. The van der Waals surface area contributed by atoms with Crippen LogP contribution in [0, 0.1) is 0 Å². The van der Waals surface area contributed by atoms with Gasteiger partial charge in [0.05, 0.1) is 10.6 Å². The molecule has 0 aliphatic heterocycles. The molecular formula is C8H7N3OS2. The highest BCUT2D eigenvalue weighted by atomic mass is 32.1. The van der Waals surface area contributed by atoms with Crippen molar-refractivity contribution in [3.05, 3.63) is 22.4 Å². The number of carbonyl (C=O) groups excluding carboxylic acids is 1. The predicted octanol–water partition coefficient (Wildman–Crippen LogP) is 1.55. The Bertz CT molecular complexity index is 461. The molecule has 0 spiro atoms. The minimum Gasteiger partial charge on any atom is -0.396 e. The minimum absolute atomic E-state index is 0.327. The van der Waals surface area contributed by atoms with Gasteiger partial charge in [0.2, 0.25) is 0 Å². The van der Waals surface area contributed by atoms with E-state index in [9.17, 15) is 4.79 Å². The molecule has 0 aliphatic rings. The van der Waals surface area contributed by atoms with E-state index in [1.807, 2.05) is 17.5 Å². The lowest BCUT2D eigenvalue weighted by atomic mass is 10.2. The third-order valence-electron chi connectivity index (χ3n) is 1.71. The molecule has 0 saturated carbocycles. The summed E-state index contributed by atoms with van der Waals surface area (Å²) in [6.07, 6.45) is 0. The van der Waals surface area contributed by atoms with E-state index in [0.29, 0.717) is 16.3 Å². The van der Waals surface area contributed by atoms with E-state index in [2.05, 4.69) is 4.37 Å². The summed E-state index contributed by atoms with van der Waals surface area (Å²) in [6, 6.07) is 3.81. The van der Waals surface area contributed by atoms with Crippen LogP contribution in [0.1, 0.15) is 9.67 Å². The van der Waals surface area contributed by atoms with Crippen LogP contribution in [0.3, 0.4) is 0 Å². The lowest BCUT2D eigenvalue weighted by Gasteiger charge is -1.93. The number of nitrogen functional groups attached to an aromatic ring is 1. The topological polar surface area (TPSA) is 82.0 Å². The summed E-state index contributed by atoms with van der Waals surface area (Å²) in [6.45, 7) is 0. The van der Waals surface area contributed by atoms with E-state index in [1.54, 1.807) is 0 Å². The number of thiophene rings is 1. The van der Waals surface area contributed by atoms with Gasteiger partial charge < -0.3 is 11.5 Å². The highest BCUT2D eigenvalue weighted by Gasteiger charge is 2.16. The molecule has 0 saturated heterocycles. The van der Waals surface area contributed by atoms with Crippen molar-refractivity contribution in [3.8, 4) is 10.6 Å². The quantitative estimate of drug-likeness (QED) is 0.813. The van der Waals surface area contributed by atoms with Crippen molar-refractivity contribution in [1.82, 2.24) is 4.37 Å². The Morgan fingerprint density at radius 2 is 2.29 bits per heavy atom. The van der Waals surface area contributed by atoms with Gasteiger partial charge in [-0.25, -0.2) is 0 Å². The van der Waals surface area contributed by atoms with Crippen molar-refractivity contribution in [2.45, 2.75) is 0 Å². The van der Waals surface area contributed by atoms with Gasteiger partial charge in [-0.15, -0.1) is 11.3 Å². The number of hydrogen-bond acceptors (Lipinski definition) is 5. The van der Waals surface area contributed by atoms with Gasteiger partial charge in [0.15, 0.2) is 0 Å². The second kappa shape index (κ2) is 3.39. The first-order valence-corrected chi connectivity index (χ1v) is 5.44. The Morgan fingerprint density at radius 1 is 1.50 bits per heavy atom. The van der Waals surface area contributed by atoms with Crippen LogP contribution in [-0.2, 0) is 0 Å². The standard InChI is InChI=1S/C8H7N3OS2/c9-5-6(4-2-1-3-13-4)11-14-7(5)8(10)12/h1-3H,9H2,(H2,10,12). The van der Waals surface area contributed by atoms with E-state index >= 15 is 0 Å². The molecule has 0 radical (unpaired) electrons. The first-order valence-electron chi connectivity index (χ1n) is 3.79. The van der Waals surface area contributed by atoms with Crippen LogP contribution in [0.5, 0.6) is 0 Å². The van der Waals surface area contributed by atoms with Gasteiger partial charge in [0, 0.05) is 0 Å². The molecule has 0 bridgehead atoms. The Labute approximate surface area is 88.3 Å². The summed E-state index contributed by atoms with van der Waals surface area (Å²) in [5.74, 6) is -0.525. The molecular weight excluding hydrogens is 218 g/mol. The summed E-state index contributed by atoms with van der Waals surface area (Å²) in [5, 5.41) is 1.93. The number of primary amides is 1. The molecule has 1 amide bonds. The largest absolute Gasteiger partial charge is 0.396 e. The number of nitrogens with two attached hydrogens (primary N) is 2. The van der Waals surface area contributed by atoms with Gasteiger partial charge in [-0.1, -0.05) is 6.07 Å². The zero-order valence-electron chi connectivity index (χ0n) is 7.06. The molecule has 0 fully saturated rings. The number of hydrogen-bond donors (Lipinski definition) is 2. The SMILES string of the molecule is NC(=O)c1snc(-c2cccs2)c1N. The van der Waals surface area contributed by atoms with Crippen LogP contribution in [0.2, 0.25) is 0 Å². The predicted molar refractivity (Wildman–Crippen MR) is 58.4 cm³/mol. The molecule has 0 aliphatic carbocycles. The van der Waals surface area contributed by atoms with Crippen molar-refractivity contribution in [2.75, 3.05) is 5.73 Å². The van der Waals surface area contributed by atoms with Crippen LogP contribution in [0.4, 0.5) is 5.69 Å². The molecule has 2 rings (SSSR count). The molecule has 2 aromatic heterocycles. The van der Waals surface area contributed by atoms with Crippen molar-refractivity contribution < 1.29 is 4.79 Å². The average Bonchev–Trinajstić information content (AvgIpc) is 2.71.